The lowest BCUT2D eigenvalue weighted by Crippen LogP contribution is -2.53. The highest BCUT2D eigenvalue weighted by Gasteiger charge is 2.31. The van der Waals surface area contributed by atoms with Crippen molar-refractivity contribution < 1.29 is 0 Å². The molecule has 3 unspecified atom stereocenters. The highest BCUT2D eigenvalue weighted by molar-refractivity contribution is 5.23. The van der Waals surface area contributed by atoms with E-state index in [1.807, 2.05) is 6.07 Å². The van der Waals surface area contributed by atoms with Gasteiger partial charge in [0.25, 0.3) is 0 Å². The smallest absolute Gasteiger partial charge is 0.0510 e. The first-order valence-electron chi connectivity index (χ1n) is 7.11. The minimum atomic E-state index is -0.263. The maximum Gasteiger partial charge on any atom is 0.0510 e. The highest BCUT2D eigenvalue weighted by Crippen LogP contribution is 2.27. The number of hydrogen-bond acceptors (Lipinski definition) is 2. The Bertz CT molecular complexity index is 362. The molecule has 2 nitrogen and oxygen atoms in total. The summed E-state index contributed by atoms with van der Waals surface area (Å²) in [5.41, 5.74) is 7.52. The highest BCUT2D eigenvalue weighted by atomic mass is 15.2. The van der Waals surface area contributed by atoms with E-state index in [9.17, 15) is 0 Å². The predicted octanol–water partition coefficient (Wildman–Crippen LogP) is 3.12. The molecule has 0 bridgehead atoms. The van der Waals surface area contributed by atoms with E-state index in [1.54, 1.807) is 0 Å². The summed E-state index contributed by atoms with van der Waals surface area (Å²) in [6.45, 7) is 7.75. The van der Waals surface area contributed by atoms with E-state index in [1.165, 1.54) is 24.8 Å². The molecule has 0 spiro atoms. The van der Waals surface area contributed by atoms with Crippen LogP contribution in [0, 0.1) is 0 Å². The van der Waals surface area contributed by atoms with Crippen molar-refractivity contribution in [2.75, 3.05) is 6.54 Å². The van der Waals surface area contributed by atoms with Gasteiger partial charge in [-0.2, -0.15) is 0 Å². The number of benzene rings is 1. The first-order valence-corrected chi connectivity index (χ1v) is 7.11. The van der Waals surface area contributed by atoms with Crippen molar-refractivity contribution in [3.05, 3.63) is 35.9 Å². The molecule has 0 radical (unpaired) electrons. The third kappa shape index (κ3) is 2.93. The third-order valence-corrected chi connectivity index (χ3v) is 4.32. The van der Waals surface area contributed by atoms with Crippen molar-refractivity contribution in [2.45, 2.75) is 57.7 Å². The fourth-order valence-corrected chi connectivity index (χ4v) is 3.08. The van der Waals surface area contributed by atoms with Gasteiger partial charge in [-0.3, -0.25) is 4.90 Å². The minimum absolute atomic E-state index is 0.263. The molecule has 2 rings (SSSR count). The lowest BCUT2D eigenvalue weighted by atomic mass is 9.89. The Hall–Kier alpha value is -0.860. The first kappa shape index (κ1) is 13.6. The second-order valence-corrected chi connectivity index (χ2v) is 6.08. The monoisotopic (exact) mass is 246 g/mol. The number of likely N-dealkylation sites (tertiary alicyclic amines) is 1. The molecule has 1 aliphatic heterocycles. The lowest BCUT2D eigenvalue weighted by molar-refractivity contribution is 0.0784. The van der Waals surface area contributed by atoms with E-state index >= 15 is 0 Å². The molecule has 0 saturated carbocycles. The molecule has 1 aliphatic rings. The van der Waals surface area contributed by atoms with Crippen LogP contribution in [0.15, 0.2) is 30.3 Å². The summed E-state index contributed by atoms with van der Waals surface area (Å²) in [7, 11) is 0. The molecule has 3 atom stereocenters. The fraction of sp³-hybridized carbons (Fsp3) is 0.625. The standard InChI is InChI=1S/C16H26N2/c1-13-8-7-9-14(2)18(13)12-16(3,17)15-10-5-4-6-11-15/h4-6,10-11,13-14H,7-9,12,17H2,1-3H3. The molecule has 1 aromatic rings. The number of hydrogen-bond donors (Lipinski definition) is 1. The second kappa shape index (κ2) is 5.41. The maximum atomic E-state index is 6.55. The normalized spacial score (nSPS) is 28.9. The van der Waals surface area contributed by atoms with Crippen molar-refractivity contribution in [1.29, 1.82) is 0 Å². The number of rotatable bonds is 3. The van der Waals surface area contributed by atoms with E-state index < -0.39 is 0 Å². The second-order valence-electron chi connectivity index (χ2n) is 6.08. The van der Waals surface area contributed by atoms with Gasteiger partial charge in [0.1, 0.15) is 0 Å². The largest absolute Gasteiger partial charge is 0.321 e. The number of piperidine rings is 1. The van der Waals surface area contributed by atoms with Gasteiger partial charge in [0, 0.05) is 18.6 Å². The molecular weight excluding hydrogens is 220 g/mol. The van der Waals surface area contributed by atoms with Gasteiger partial charge < -0.3 is 5.73 Å². The first-order chi connectivity index (χ1) is 8.50. The molecule has 1 fully saturated rings. The average molecular weight is 246 g/mol. The van der Waals surface area contributed by atoms with Gasteiger partial charge in [0.15, 0.2) is 0 Å². The van der Waals surface area contributed by atoms with Crippen molar-refractivity contribution in [1.82, 2.24) is 4.90 Å². The van der Waals surface area contributed by atoms with Crippen LogP contribution in [0.5, 0.6) is 0 Å². The SMILES string of the molecule is CC1CCCC(C)N1CC(C)(N)c1ccccc1. The van der Waals surface area contributed by atoms with Crippen molar-refractivity contribution in [3.8, 4) is 0 Å². The van der Waals surface area contributed by atoms with Crippen LogP contribution in [-0.2, 0) is 5.54 Å². The zero-order valence-corrected chi connectivity index (χ0v) is 11.9. The van der Waals surface area contributed by atoms with E-state index in [-0.39, 0.29) is 5.54 Å². The van der Waals surface area contributed by atoms with Crippen LogP contribution in [0.4, 0.5) is 0 Å². The van der Waals surface area contributed by atoms with Crippen molar-refractivity contribution in [2.24, 2.45) is 5.73 Å². The van der Waals surface area contributed by atoms with Gasteiger partial charge >= 0.3 is 0 Å². The molecule has 100 valence electrons. The molecule has 1 aromatic carbocycles. The Labute approximate surface area is 111 Å². The molecule has 2 N–H and O–H groups in total. The molecule has 1 heterocycles. The van der Waals surface area contributed by atoms with Gasteiger partial charge in [-0.05, 0) is 39.2 Å². The Morgan fingerprint density at radius 1 is 1.17 bits per heavy atom. The average Bonchev–Trinajstić information content (AvgIpc) is 2.35. The summed E-state index contributed by atoms with van der Waals surface area (Å²) in [6.07, 6.45) is 3.95. The van der Waals surface area contributed by atoms with Gasteiger partial charge in [-0.15, -0.1) is 0 Å². The molecule has 0 aromatic heterocycles. The third-order valence-electron chi connectivity index (χ3n) is 4.32. The maximum absolute atomic E-state index is 6.55. The fourth-order valence-electron chi connectivity index (χ4n) is 3.08. The Balaban J connectivity index is 2.12. The minimum Gasteiger partial charge on any atom is -0.321 e. The van der Waals surface area contributed by atoms with E-state index in [0.29, 0.717) is 12.1 Å². The van der Waals surface area contributed by atoms with Crippen molar-refractivity contribution in [3.63, 3.8) is 0 Å². The zero-order valence-electron chi connectivity index (χ0n) is 11.9. The summed E-state index contributed by atoms with van der Waals surface area (Å²) < 4.78 is 0. The molecule has 0 aliphatic carbocycles. The summed E-state index contributed by atoms with van der Waals surface area (Å²) >= 11 is 0. The molecular formula is C16H26N2. The van der Waals surface area contributed by atoms with Crippen molar-refractivity contribution >= 4 is 0 Å². The van der Waals surface area contributed by atoms with Crippen LogP contribution < -0.4 is 5.73 Å². The molecule has 0 amide bonds. The zero-order chi connectivity index (χ0) is 13.2. The van der Waals surface area contributed by atoms with Crippen LogP contribution in [0.1, 0.15) is 45.6 Å². The Kier molecular flexibility index (Phi) is 4.08. The van der Waals surface area contributed by atoms with E-state index in [2.05, 4.69) is 49.9 Å². The lowest BCUT2D eigenvalue weighted by Gasteiger charge is -2.43. The summed E-state index contributed by atoms with van der Waals surface area (Å²) in [5.74, 6) is 0. The van der Waals surface area contributed by atoms with Crippen LogP contribution in [0.3, 0.4) is 0 Å². The van der Waals surface area contributed by atoms with Crippen LogP contribution >= 0.6 is 0 Å². The predicted molar refractivity (Wildman–Crippen MR) is 77.5 cm³/mol. The topological polar surface area (TPSA) is 29.3 Å². The van der Waals surface area contributed by atoms with Gasteiger partial charge in [-0.1, -0.05) is 36.8 Å². The summed E-state index contributed by atoms with van der Waals surface area (Å²) in [6, 6.07) is 11.8. The number of nitrogens with zero attached hydrogens (tertiary/aromatic N) is 1. The van der Waals surface area contributed by atoms with E-state index in [0.717, 1.165) is 6.54 Å². The Morgan fingerprint density at radius 3 is 2.28 bits per heavy atom. The Morgan fingerprint density at radius 2 is 1.72 bits per heavy atom. The van der Waals surface area contributed by atoms with Gasteiger partial charge in [-0.25, -0.2) is 0 Å². The van der Waals surface area contributed by atoms with Crippen LogP contribution in [0.2, 0.25) is 0 Å². The molecule has 18 heavy (non-hydrogen) atoms. The van der Waals surface area contributed by atoms with Crippen LogP contribution in [0.25, 0.3) is 0 Å². The summed E-state index contributed by atoms with van der Waals surface area (Å²) in [4.78, 5) is 2.58. The number of nitrogens with two attached hydrogens (primary N) is 1. The van der Waals surface area contributed by atoms with E-state index in [4.69, 9.17) is 5.73 Å². The molecule has 1 saturated heterocycles. The summed E-state index contributed by atoms with van der Waals surface area (Å²) in [5, 5.41) is 0. The van der Waals surface area contributed by atoms with Gasteiger partial charge in [0.2, 0.25) is 0 Å². The van der Waals surface area contributed by atoms with Crippen LogP contribution in [-0.4, -0.2) is 23.5 Å². The quantitative estimate of drug-likeness (QED) is 0.888. The van der Waals surface area contributed by atoms with Gasteiger partial charge in [0.05, 0.1) is 5.54 Å². The molecule has 2 heteroatoms.